The van der Waals surface area contributed by atoms with Crippen LogP contribution in [0.5, 0.6) is 11.5 Å². The summed E-state index contributed by atoms with van der Waals surface area (Å²) < 4.78 is 5.10. The molecule has 102 valence electrons. The number of rotatable bonds is 4. The Balaban J connectivity index is 2.31. The molecule has 1 N–H and O–H groups in total. The van der Waals surface area contributed by atoms with Crippen molar-refractivity contribution in [2.75, 3.05) is 7.11 Å². The first-order chi connectivity index (χ1) is 9.63. The number of aromatic hydroxyl groups is 1. The summed E-state index contributed by atoms with van der Waals surface area (Å²) >= 11 is 0. The maximum atomic E-state index is 10.9. The molecule has 0 saturated heterocycles. The predicted octanol–water partition coefficient (Wildman–Crippen LogP) is 3.69. The highest BCUT2D eigenvalue weighted by atomic mass is 16.5. The number of hydrogen-bond acceptors (Lipinski definition) is 3. The van der Waals surface area contributed by atoms with Crippen molar-refractivity contribution in [2.24, 2.45) is 0 Å². The van der Waals surface area contributed by atoms with Crippen LogP contribution in [0, 0.1) is 6.92 Å². The quantitative estimate of drug-likeness (QED) is 0.679. The lowest BCUT2D eigenvalue weighted by molar-refractivity contribution is 0.111. The maximum Gasteiger partial charge on any atom is 0.157 e. The van der Waals surface area contributed by atoms with Crippen LogP contribution in [0.1, 0.15) is 27.0 Å². The molecule has 0 amide bonds. The minimum atomic E-state index is -0.0806. The number of hydrogen-bond donors (Lipinski definition) is 1. The second-order valence-electron chi connectivity index (χ2n) is 4.52. The van der Waals surface area contributed by atoms with Crippen LogP contribution in [0.3, 0.4) is 0 Å². The van der Waals surface area contributed by atoms with Gasteiger partial charge in [0.1, 0.15) is 11.5 Å². The largest absolute Gasteiger partial charge is 0.507 e. The molecule has 2 aromatic rings. The van der Waals surface area contributed by atoms with Crippen LogP contribution < -0.4 is 4.74 Å². The van der Waals surface area contributed by atoms with Gasteiger partial charge >= 0.3 is 0 Å². The van der Waals surface area contributed by atoms with Crippen LogP contribution in [-0.2, 0) is 0 Å². The molecule has 0 radical (unpaired) electrons. The van der Waals surface area contributed by atoms with E-state index >= 15 is 0 Å². The smallest absolute Gasteiger partial charge is 0.157 e. The van der Waals surface area contributed by atoms with Crippen LogP contribution in [0.2, 0.25) is 0 Å². The summed E-state index contributed by atoms with van der Waals surface area (Å²) in [6.07, 6.45) is 4.39. The van der Waals surface area contributed by atoms with Crippen LogP contribution in [0.25, 0.3) is 12.2 Å². The van der Waals surface area contributed by atoms with Gasteiger partial charge in [-0.3, -0.25) is 4.79 Å². The molecule has 20 heavy (non-hydrogen) atoms. The summed E-state index contributed by atoms with van der Waals surface area (Å²) in [5.41, 5.74) is 3.20. The Kier molecular flexibility index (Phi) is 4.20. The van der Waals surface area contributed by atoms with E-state index in [9.17, 15) is 9.90 Å². The van der Waals surface area contributed by atoms with Crippen molar-refractivity contribution in [3.8, 4) is 11.5 Å². The highest BCUT2D eigenvalue weighted by Crippen LogP contribution is 2.28. The van der Waals surface area contributed by atoms with Crippen molar-refractivity contribution in [3.05, 3.63) is 58.7 Å². The lowest BCUT2D eigenvalue weighted by Gasteiger charge is -2.07. The summed E-state index contributed by atoms with van der Waals surface area (Å²) in [5.74, 6) is 0.284. The van der Waals surface area contributed by atoms with Gasteiger partial charge in [0.25, 0.3) is 0 Å². The van der Waals surface area contributed by atoms with E-state index in [-0.39, 0.29) is 11.3 Å². The molecule has 0 spiro atoms. The van der Waals surface area contributed by atoms with Gasteiger partial charge in [-0.15, -0.1) is 0 Å². The number of methoxy groups -OCH3 is 1. The Labute approximate surface area is 118 Å². The fourth-order valence-electron chi connectivity index (χ4n) is 1.89. The van der Waals surface area contributed by atoms with Crippen molar-refractivity contribution in [2.45, 2.75) is 6.92 Å². The number of carbonyl (C=O) groups excluding carboxylic acids is 1. The second kappa shape index (κ2) is 6.06. The van der Waals surface area contributed by atoms with Gasteiger partial charge in [0.2, 0.25) is 0 Å². The Hall–Kier alpha value is -2.55. The van der Waals surface area contributed by atoms with Gasteiger partial charge < -0.3 is 9.84 Å². The van der Waals surface area contributed by atoms with Gasteiger partial charge in [0.05, 0.1) is 12.7 Å². The molecule has 0 heterocycles. The molecule has 0 aliphatic rings. The molecule has 0 aliphatic heterocycles. The van der Waals surface area contributed by atoms with Crippen molar-refractivity contribution >= 4 is 18.4 Å². The fourth-order valence-corrected chi connectivity index (χ4v) is 1.89. The number of aldehydes is 1. The van der Waals surface area contributed by atoms with E-state index in [0.29, 0.717) is 12.0 Å². The van der Waals surface area contributed by atoms with Crippen molar-refractivity contribution < 1.29 is 14.6 Å². The standard InChI is InChI=1S/C17H16O3/c1-12-3-5-13(6-4-12)7-8-14-9-16(19)15(11-18)17(10-14)20-2/h3-11,19H,1-2H3/b8-7+. The molecule has 3 nitrogen and oxygen atoms in total. The molecule has 3 heteroatoms. The van der Waals surface area contributed by atoms with E-state index in [4.69, 9.17) is 4.74 Å². The fraction of sp³-hybridized carbons (Fsp3) is 0.118. The molecule has 0 aromatic heterocycles. The Morgan fingerprint density at radius 1 is 1.05 bits per heavy atom. The molecular weight excluding hydrogens is 252 g/mol. The van der Waals surface area contributed by atoms with E-state index in [0.717, 1.165) is 11.1 Å². The third-order valence-electron chi connectivity index (χ3n) is 3.03. The van der Waals surface area contributed by atoms with Crippen LogP contribution in [0.4, 0.5) is 0 Å². The van der Waals surface area contributed by atoms with Gasteiger partial charge in [-0.2, -0.15) is 0 Å². The van der Waals surface area contributed by atoms with Crippen molar-refractivity contribution in [3.63, 3.8) is 0 Å². The van der Waals surface area contributed by atoms with Gasteiger partial charge in [0, 0.05) is 0 Å². The van der Waals surface area contributed by atoms with Gasteiger partial charge in [-0.1, -0.05) is 42.0 Å². The normalized spacial score (nSPS) is 10.7. The van der Waals surface area contributed by atoms with Gasteiger partial charge in [-0.05, 0) is 30.2 Å². The lowest BCUT2D eigenvalue weighted by Crippen LogP contribution is -1.92. The van der Waals surface area contributed by atoms with Crippen molar-refractivity contribution in [1.29, 1.82) is 0 Å². The molecule has 2 aromatic carbocycles. The highest BCUT2D eigenvalue weighted by molar-refractivity contribution is 5.85. The zero-order chi connectivity index (χ0) is 14.5. The van der Waals surface area contributed by atoms with E-state index < -0.39 is 0 Å². The minimum Gasteiger partial charge on any atom is -0.507 e. The number of ether oxygens (including phenoxy) is 1. The zero-order valence-corrected chi connectivity index (χ0v) is 11.5. The SMILES string of the molecule is COc1cc(/C=C/c2ccc(C)cc2)cc(O)c1C=O. The van der Waals surface area contributed by atoms with E-state index in [1.807, 2.05) is 43.3 Å². The maximum absolute atomic E-state index is 10.9. The monoisotopic (exact) mass is 268 g/mol. The Bertz CT molecular complexity index is 640. The molecule has 0 atom stereocenters. The number of phenolic OH excluding ortho intramolecular Hbond substituents is 1. The molecule has 0 fully saturated rings. The topological polar surface area (TPSA) is 46.5 Å². The van der Waals surface area contributed by atoms with Crippen LogP contribution in [0.15, 0.2) is 36.4 Å². The number of phenols is 1. The number of benzene rings is 2. The average molecular weight is 268 g/mol. The first-order valence-electron chi connectivity index (χ1n) is 6.25. The zero-order valence-electron chi connectivity index (χ0n) is 11.5. The third-order valence-corrected chi connectivity index (χ3v) is 3.03. The van der Waals surface area contributed by atoms with Gasteiger partial charge in [0.15, 0.2) is 6.29 Å². The molecular formula is C17H16O3. The minimum absolute atomic E-state index is 0.0806. The predicted molar refractivity (Wildman–Crippen MR) is 80.2 cm³/mol. The Morgan fingerprint density at radius 2 is 1.70 bits per heavy atom. The molecule has 0 unspecified atom stereocenters. The first-order valence-corrected chi connectivity index (χ1v) is 6.25. The van der Waals surface area contributed by atoms with Crippen LogP contribution >= 0.6 is 0 Å². The Morgan fingerprint density at radius 3 is 2.30 bits per heavy atom. The highest BCUT2D eigenvalue weighted by Gasteiger charge is 2.08. The van der Waals surface area contributed by atoms with Crippen molar-refractivity contribution in [1.82, 2.24) is 0 Å². The molecule has 0 bridgehead atoms. The molecule has 0 saturated carbocycles. The summed E-state index contributed by atoms with van der Waals surface area (Å²) in [4.78, 5) is 10.9. The average Bonchev–Trinajstić information content (AvgIpc) is 2.46. The molecule has 0 aliphatic carbocycles. The van der Waals surface area contributed by atoms with E-state index in [2.05, 4.69) is 0 Å². The lowest BCUT2D eigenvalue weighted by atomic mass is 10.1. The first kappa shape index (κ1) is 13.9. The van der Waals surface area contributed by atoms with E-state index in [1.165, 1.54) is 18.7 Å². The summed E-state index contributed by atoms with van der Waals surface area (Å²) in [7, 11) is 1.47. The number of carbonyl (C=O) groups is 1. The number of aryl methyl sites for hydroxylation is 1. The second-order valence-corrected chi connectivity index (χ2v) is 4.52. The van der Waals surface area contributed by atoms with Gasteiger partial charge in [-0.25, -0.2) is 0 Å². The van der Waals surface area contributed by atoms with E-state index in [1.54, 1.807) is 6.07 Å². The summed E-state index contributed by atoms with van der Waals surface area (Å²) in [6, 6.07) is 11.4. The summed E-state index contributed by atoms with van der Waals surface area (Å²) in [5, 5.41) is 9.79. The third kappa shape index (κ3) is 3.06. The van der Waals surface area contributed by atoms with Crippen LogP contribution in [-0.4, -0.2) is 18.5 Å². The molecule has 2 rings (SSSR count). The summed E-state index contributed by atoms with van der Waals surface area (Å²) in [6.45, 7) is 2.04.